The number of fused-ring (bicyclic) bond motifs is 1. The van der Waals surface area contributed by atoms with Crippen LogP contribution in [0.15, 0.2) is 48.7 Å². The molecule has 0 atom stereocenters. The highest BCUT2D eigenvalue weighted by Gasteiger charge is 2.04. The molecule has 1 heterocycles. The topological polar surface area (TPSA) is 56.7 Å². The van der Waals surface area contributed by atoms with Crippen molar-refractivity contribution in [2.45, 2.75) is 19.4 Å². The Kier molecular flexibility index (Phi) is 3.74. The van der Waals surface area contributed by atoms with Crippen LogP contribution in [0.3, 0.4) is 0 Å². The molecule has 0 bridgehead atoms. The van der Waals surface area contributed by atoms with Gasteiger partial charge >= 0.3 is 0 Å². The minimum Gasteiger partial charge on any atom is -0.330 e. The standard InChI is InChI=1S/C16H18N4/c17-10-4-8-15-12-20(19-18-15)11-14-7-3-6-13-5-1-2-9-16(13)14/h1-3,5-7,9,12H,4,8,10-11,17H2. The quantitative estimate of drug-likeness (QED) is 0.771. The van der Waals surface area contributed by atoms with E-state index in [1.165, 1.54) is 16.3 Å². The maximum atomic E-state index is 5.51. The number of aromatic nitrogens is 3. The second-order valence-corrected chi connectivity index (χ2v) is 4.94. The van der Waals surface area contributed by atoms with E-state index in [2.05, 4.69) is 52.8 Å². The molecule has 0 aliphatic carbocycles. The molecule has 0 amide bonds. The van der Waals surface area contributed by atoms with E-state index >= 15 is 0 Å². The molecule has 0 radical (unpaired) electrons. The molecule has 4 nitrogen and oxygen atoms in total. The zero-order valence-electron chi connectivity index (χ0n) is 11.4. The smallest absolute Gasteiger partial charge is 0.0827 e. The second-order valence-electron chi connectivity index (χ2n) is 4.94. The first-order valence-corrected chi connectivity index (χ1v) is 6.92. The van der Waals surface area contributed by atoms with Crippen LogP contribution in [0.4, 0.5) is 0 Å². The number of aryl methyl sites for hydroxylation is 1. The molecule has 0 fully saturated rings. The molecular weight excluding hydrogens is 248 g/mol. The summed E-state index contributed by atoms with van der Waals surface area (Å²) in [6.45, 7) is 1.44. The Bertz CT molecular complexity index is 697. The van der Waals surface area contributed by atoms with Gasteiger partial charge in [0.05, 0.1) is 12.2 Å². The van der Waals surface area contributed by atoms with Crippen molar-refractivity contribution < 1.29 is 0 Å². The summed E-state index contributed by atoms with van der Waals surface area (Å²) in [6, 6.07) is 14.8. The predicted molar refractivity (Wildman–Crippen MR) is 80.4 cm³/mol. The van der Waals surface area contributed by atoms with Crippen LogP contribution in [0, 0.1) is 0 Å². The van der Waals surface area contributed by atoms with Gasteiger partial charge in [0, 0.05) is 6.20 Å². The Morgan fingerprint density at radius 3 is 2.80 bits per heavy atom. The highest BCUT2D eigenvalue weighted by atomic mass is 15.4. The zero-order valence-corrected chi connectivity index (χ0v) is 11.4. The normalized spacial score (nSPS) is 11.1. The summed E-state index contributed by atoms with van der Waals surface area (Å²) in [6.07, 6.45) is 3.86. The van der Waals surface area contributed by atoms with Crippen LogP contribution >= 0.6 is 0 Å². The van der Waals surface area contributed by atoms with Crippen LogP contribution in [0.2, 0.25) is 0 Å². The summed E-state index contributed by atoms with van der Waals surface area (Å²) >= 11 is 0. The molecule has 102 valence electrons. The fraction of sp³-hybridized carbons (Fsp3) is 0.250. The van der Waals surface area contributed by atoms with Gasteiger partial charge in [-0.3, -0.25) is 0 Å². The largest absolute Gasteiger partial charge is 0.330 e. The number of nitrogens with two attached hydrogens (primary N) is 1. The molecule has 0 aliphatic heterocycles. The van der Waals surface area contributed by atoms with Gasteiger partial charge < -0.3 is 5.73 Å². The van der Waals surface area contributed by atoms with Crippen LogP contribution in [0.1, 0.15) is 17.7 Å². The highest BCUT2D eigenvalue weighted by molar-refractivity contribution is 5.85. The summed E-state index contributed by atoms with van der Waals surface area (Å²) in [5, 5.41) is 10.9. The molecule has 2 aromatic carbocycles. The van der Waals surface area contributed by atoms with E-state index < -0.39 is 0 Å². The van der Waals surface area contributed by atoms with E-state index in [0.29, 0.717) is 6.54 Å². The fourth-order valence-electron chi connectivity index (χ4n) is 2.42. The summed E-state index contributed by atoms with van der Waals surface area (Å²) in [7, 11) is 0. The van der Waals surface area contributed by atoms with Gasteiger partial charge in [-0.2, -0.15) is 0 Å². The first-order valence-electron chi connectivity index (χ1n) is 6.92. The fourth-order valence-corrected chi connectivity index (χ4v) is 2.42. The maximum absolute atomic E-state index is 5.51. The van der Waals surface area contributed by atoms with Gasteiger partial charge in [-0.05, 0) is 35.7 Å². The van der Waals surface area contributed by atoms with Gasteiger partial charge in [-0.25, -0.2) is 4.68 Å². The van der Waals surface area contributed by atoms with Gasteiger partial charge in [0.2, 0.25) is 0 Å². The molecule has 3 rings (SSSR count). The lowest BCUT2D eigenvalue weighted by Crippen LogP contribution is -2.01. The molecule has 4 heteroatoms. The third kappa shape index (κ3) is 2.70. The first-order chi connectivity index (χ1) is 9.86. The monoisotopic (exact) mass is 266 g/mol. The van der Waals surface area contributed by atoms with Crippen molar-refractivity contribution in [3.05, 3.63) is 59.9 Å². The van der Waals surface area contributed by atoms with Crippen molar-refractivity contribution in [2.75, 3.05) is 6.54 Å². The van der Waals surface area contributed by atoms with E-state index in [1.807, 2.05) is 10.9 Å². The van der Waals surface area contributed by atoms with E-state index in [9.17, 15) is 0 Å². The zero-order chi connectivity index (χ0) is 13.8. The molecule has 0 spiro atoms. The first kappa shape index (κ1) is 12.8. The summed E-state index contributed by atoms with van der Waals surface area (Å²) < 4.78 is 1.90. The molecule has 0 saturated heterocycles. The van der Waals surface area contributed by atoms with E-state index in [0.717, 1.165) is 25.1 Å². The Hall–Kier alpha value is -2.20. The number of benzene rings is 2. The predicted octanol–water partition coefficient (Wildman–Crippen LogP) is 2.37. The third-order valence-corrected chi connectivity index (χ3v) is 3.44. The van der Waals surface area contributed by atoms with Gasteiger partial charge in [0.25, 0.3) is 0 Å². The molecule has 20 heavy (non-hydrogen) atoms. The third-order valence-electron chi connectivity index (χ3n) is 3.44. The van der Waals surface area contributed by atoms with E-state index in [-0.39, 0.29) is 0 Å². The molecule has 2 N–H and O–H groups in total. The average Bonchev–Trinajstić information content (AvgIpc) is 2.93. The molecule has 0 aliphatic rings. The van der Waals surface area contributed by atoms with Crippen molar-refractivity contribution in [3.63, 3.8) is 0 Å². The molecular formula is C16H18N4. The average molecular weight is 266 g/mol. The van der Waals surface area contributed by atoms with E-state index in [1.54, 1.807) is 0 Å². The number of hydrogen-bond donors (Lipinski definition) is 1. The molecule has 0 saturated carbocycles. The maximum Gasteiger partial charge on any atom is 0.0827 e. The lowest BCUT2D eigenvalue weighted by molar-refractivity contribution is 0.651. The SMILES string of the molecule is NCCCc1cn(Cc2cccc3ccccc23)nn1. The molecule has 1 aromatic heterocycles. The van der Waals surface area contributed by atoms with E-state index in [4.69, 9.17) is 5.73 Å². The Morgan fingerprint density at radius 2 is 1.90 bits per heavy atom. The Balaban J connectivity index is 1.84. The Morgan fingerprint density at radius 1 is 1.05 bits per heavy atom. The van der Waals surface area contributed by atoms with Crippen LogP contribution in [0.5, 0.6) is 0 Å². The number of nitrogens with zero attached hydrogens (tertiary/aromatic N) is 3. The second kappa shape index (κ2) is 5.84. The van der Waals surface area contributed by atoms with Gasteiger partial charge in [-0.15, -0.1) is 5.10 Å². The van der Waals surface area contributed by atoms with Crippen molar-refractivity contribution in [3.8, 4) is 0 Å². The van der Waals surface area contributed by atoms with Crippen molar-refractivity contribution >= 4 is 10.8 Å². The minimum absolute atomic E-state index is 0.691. The molecule has 3 aromatic rings. The Labute approximate surface area is 118 Å². The minimum atomic E-state index is 0.691. The lowest BCUT2D eigenvalue weighted by Gasteiger charge is -2.05. The van der Waals surface area contributed by atoms with Gasteiger partial charge in [0.15, 0.2) is 0 Å². The van der Waals surface area contributed by atoms with Crippen LogP contribution in [-0.4, -0.2) is 21.5 Å². The highest BCUT2D eigenvalue weighted by Crippen LogP contribution is 2.19. The van der Waals surface area contributed by atoms with Crippen molar-refractivity contribution in [1.29, 1.82) is 0 Å². The van der Waals surface area contributed by atoms with Gasteiger partial charge in [0.1, 0.15) is 0 Å². The molecule has 0 unspecified atom stereocenters. The van der Waals surface area contributed by atoms with Crippen molar-refractivity contribution in [1.82, 2.24) is 15.0 Å². The van der Waals surface area contributed by atoms with Crippen LogP contribution in [0.25, 0.3) is 10.8 Å². The van der Waals surface area contributed by atoms with Crippen molar-refractivity contribution in [2.24, 2.45) is 5.73 Å². The van der Waals surface area contributed by atoms with Crippen LogP contribution < -0.4 is 5.73 Å². The number of hydrogen-bond acceptors (Lipinski definition) is 3. The summed E-state index contributed by atoms with van der Waals surface area (Å²) in [5.41, 5.74) is 7.79. The lowest BCUT2D eigenvalue weighted by atomic mass is 10.0. The van der Waals surface area contributed by atoms with Gasteiger partial charge in [-0.1, -0.05) is 47.7 Å². The summed E-state index contributed by atoms with van der Waals surface area (Å²) in [5.74, 6) is 0. The van der Waals surface area contributed by atoms with Crippen LogP contribution in [-0.2, 0) is 13.0 Å². The summed E-state index contributed by atoms with van der Waals surface area (Å²) in [4.78, 5) is 0. The number of rotatable bonds is 5.